The molecule has 0 saturated heterocycles. The molecule has 1 aromatic carbocycles. The summed E-state index contributed by atoms with van der Waals surface area (Å²) in [7, 11) is 1.63. The first kappa shape index (κ1) is 30.3. The fraction of sp³-hybridized carbons (Fsp3) is 0.375. The van der Waals surface area contributed by atoms with Crippen LogP contribution in [0.2, 0.25) is 0 Å². The minimum atomic E-state index is -0.878. The van der Waals surface area contributed by atoms with Crippen molar-refractivity contribution in [3.8, 4) is 11.1 Å². The number of carbonyl (C=O) groups is 2. The van der Waals surface area contributed by atoms with Crippen LogP contribution in [0.3, 0.4) is 0 Å². The Morgan fingerprint density at radius 2 is 1.78 bits per heavy atom. The summed E-state index contributed by atoms with van der Waals surface area (Å²) in [5.41, 5.74) is 8.24. The molecule has 236 valence electrons. The molecular weight excluding hydrogens is 584 g/mol. The molecule has 0 unspecified atom stereocenters. The smallest absolute Gasteiger partial charge is 0.414 e. The van der Waals surface area contributed by atoms with Gasteiger partial charge in [0.15, 0.2) is 11.6 Å². The molecule has 2 amide bonds. The van der Waals surface area contributed by atoms with Crippen molar-refractivity contribution in [1.82, 2.24) is 14.5 Å². The van der Waals surface area contributed by atoms with Crippen molar-refractivity contribution in [2.24, 2.45) is 12.8 Å². The minimum Gasteiger partial charge on any atom is -0.443 e. The van der Waals surface area contributed by atoms with E-state index in [0.29, 0.717) is 64.0 Å². The van der Waals surface area contributed by atoms with Crippen LogP contribution in [0.4, 0.5) is 36.5 Å². The lowest BCUT2D eigenvalue weighted by Crippen LogP contribution is -2.48. The number of nitrogens with one attached hydrogen (secondary N) is 1. The quantitative estimate of drug-likeness (QED) is 0.298. The fourth-order valence-corrected chi connectivity index (χ4v) is 6.01. The van der Waals surface area contributed by atoms with Gasteiger partial charge in [-0.2, -0.15) is 0 Å². The third kappa shape index (κ3) is 5.41. The van der Waals surface area contributed by atoms with Crippen LogP contribution in [0, 0.1) is 11.6 Å². The summed E-state index contributed by atoms with van der Waals surface area (Å²) < 4.78 is 36.6. The van der Waals surface area contributed by atoms with Gasteiger partial charge in [-0.25, -0.2) is 18.6 Å². The number of benzene rings is 1. The van der Waals surface area contributed by atoms with E-state index in [0.717, 1.165) is 12.3 Å². The number of H-pyrrole nitrogens is 1. The van der Waals surface area contributed by atoms with Crippen LogP contribution in [0.25, 0.3) is 22.0 Å². The van der Waals surface area contributed by atoms with Gasteiger partial charge in [-0.1, -0.05) is 0 Å². The average molecular weight is 620 g/mol. The Labute approximate surface area is 258 Å². The predicted octanol–water partition coefficient (Wildman–Crippen LogP) is 5.08. The molecule has 0 saturated carbocycles. The lowest BCUT2D eigenvalue weighted by molar-refractivity contribution is -0.118. The largest absolute Gasteiger partial charge is 0.443 e. The molecule has 0 fully saturated rings. The monoisotopic (exact) mass is 619 g/mol. The van der Waals surface area contributed by atoms with Gasteiger partial charge in [0.25, 0.3) is 5.56 Å². The number of amides is 2. The maximum Gasteiger partial charge on any atom is 0.414 e. The first-order chi connectivity index (χ1) is 21.4. The molecule has 6 rings (SSSR count). The highest BCUT2D eigenvalue weighted by atomic mass is 19.1. The third-order valence-corrected chi connectivity index (χ3v) is 8.02. The summed E-state index contributed by atoms with van der Waals surface area (Å²) in [4.78, 5) is 52.1. The molecule has 0 radical (unpaired) electrons. The number of anilines is 4. The van der Waals surface area contributed by atoms with E-state index in [9.17, 15) is 18.8 Å². The number of aromatic amines is 1. The number of ether oxygens (including phenoxy) is 1. The Kier molecular flexibility index (Phi) is 7.59. The zero-order chi connectivity index (χ0) is 32.2. The van der Waals surface area contributed by atoms with Crippen molar-refractivity contribution >= 4 is 45.8 Å². The van der Waals surface area contributed by atoms with Gasteiger partial charge in [0.05, 0.1) is 29.8 Å². The summed E-state index contributed by atoms with van der Waals surface area (Å²) in [5.74, 6) is -1.98. The second-order valence-electron chi connectivity index (χ2n) is 12.3. The van der Waals surface area contributed by atoms with Gasteiger partial charge >= 0.3 is 6.09 Å². The molecule has 45 heavy (non-hydrogen) atoms. The second kappa shape index (κ2) is 11.3. The summed E-state index contributed by atoms with van der Waals surface area (Å²) in [6.45, 7) is 6.26. The molecule has 0 bridgehead atoms. The summed E-state index contributed by atoms with van der Waals surface area (Å²) >= 11 is 0. The molecule has 13 heteroatoms. The third-order valence-electron chi connectivity index (χ3n) is 8.02. The van der Waals surface area contributed by atoms with Crippen LogP contribution >= 0.6 is 0 Å². The highest BCUT2D eigenvalue weighted by Gasteiger charge is 2.36. The zero-order valence-electron chi connectivity index (χ0n) is 25.6. The number of halogens is 2. The number of carbonyl (C=O) groups excluding carboxylic acids is 2. The van der Waals surface area contributed by atoms with Gasteiger partial charge in [-0.05, 0) is 57.9 Å². The number of pyridine rings is 2. The number of aromatic nitrogens is 3. The van der Waals surface area contributed by atoms with Crippen LogP contribution in [-0.2, 0) is 23.1 Å². The van der Waals surface area contributed by atoms with Gasteiger partial charge in [0.2, 0.25) is 5.91 Å². The highest BCUT2D eigenvalue weighted by Crippen LogP contribution is 2.49. The number of unbranched alkanes of at least 4 members (excludes halogenated alkanes) is 1. The van der Waals surface area contributed by atoms with E-state index in [4.69, 9.17) is 10.5 Å². The Bertz CT molecular complexity index is 1900. The predicted molar refractivity (Wildman–Crippen MR) is 168 cm³/mol. The summed E-state index contributed by atoms with van der Waals surface area (Å²) in [6.07, 6.45) is 5.29. The lowest BCUT2D eigenvalue weighted by atomic mass is 9.98. The van der Waals surface area contributed by atoms with Gasteiger partial charge in [0, 0.05) is 61.5 Å². The Hall–Kier alpha value is -4.78. The SMILES string of the molecule is Cn1cc2c3c(c[nH]c3c1=O)CN(c1ncc(F)cc1F)c1cc3c(cc1-2)N(C(=O)OC(C)(C)C)CCN3C(=O)CCCCN. The van der Waals surface area contributed by atoms with Crippen molar-refractivity contribution in [3.63, 3.8) is 0 Å². The first-order valence-electron chi connectivity index (χ1n) is 14.9. The Morgan fingerprint density at radius 1 is 1.04 bits per heavy atom. The fourth-order valence-electron chi connectivity index (χ4n) is 6.01. The first-order valence-corrected chi connectivity index (χ1v) is 14.9. The standard InChI is InChI=1S/C32H35F2N7O4/c1-32(2,3)45-31(44)40-10-9-39(26(42)7-5-6-8-35)25-13-23-20(12-24(25)40)21-17-38(4)30(43)28-27(21)18(14-36-28)16-41(23)29-22(34)11-19(33)15-37-29/h11-15,17,36H,5-10,16,35H2,1-4H3. The average Bonchev–Trinajstić information content (AvgIpc) is 3.34. The zero-order valence-corrected chi connectivity index (χ0v) is 25.6. The molecule has 5 heterocycles. The highest BCUT2D eigenvalue weighted by molar-refractivity contribution is 6.09. The lowest BCUT2D eigenvalue weighted by Gasteiger charge is -2.38. The van der Waals surface area contributed by atoms with E-state index in [1.54, 1.807) is 62.1 Å². The van der Waals surface area contributed by atoms with E-state index >= 15 is 4.39 Å². The molecular formula is C32H35F2N7O4. The van der Waals surface area contributed by atoms with E-state index < -0.39 is 23.3 Å². The number of hydrogen-bond acceptors (Lipinski definition) is 7. The molecule has 3 N–H and O–H groups in total. The van der Waals surface area contributed by atoms with E-state index in [-0.39, 0.29) is 43.3 Å². The number of fused-ring (bicyclic) bond motifs is 3. The van der Waals surface area contributed by atoms with Crippen LogP contribution in [0.15, 0.2) is 41.6 Å². The van der Waals surface area contributed by atoms with Gasteiger partial charge in [-0.3, -0.25) is 14.5 Å². The number of hydrogen-bond donors (Lipinski definition) is 2. The summed E-state index contributed by atoms with van der Waals surface area (Å²) in [5, 5.41) is 0.638. The van der Waals surface area contributed by atoms with Crippen LogP contribution in [-0.4, -0.2) is 51.8 Å². The molecule has 0 spiro atoms. The van der Waals surface area contributed by atoms with Crippen molar-refractivity contribution in [1.29, 1.82) is 0 Å². The van der Waals surface area contributed by atoms with Crippen LogP contribution < -0.4 is 26.0 Å². The normalized spacial score (nSPS) is 14.3. The van der Waals surface area contributed by atoms with E-state index in [2.05, 4.69) is 9.97 Å². The van der Waals surface area contributed by atoms with E-state index in [1.165, 1.54) is 9.47 Å². The van der Waals surface area contributed by atoms with Crippen molar-refractivity contribution in [3.05, 3.63) is 64.3 Å². The molecule has 11 nitrogen and oxygen atoms in total. The summed E-state index contributed by atoms with van der Waals surface area (Å²) in [6, 6.07) is 4.27. The Morgan fingerprint density at radius 3 is 2.49 bits per heavy atom. The van der Waals surface area contributed by atoms with Crippen LogP contribution in [0.1, 0.15) is 45.6 Å². The maximum atomic E-state index is 15.4. The van der Waals surface area contributed by atoms with Crippen molar-refractivity contribution in [2.75, 3.05) is 34.3 Å². The molecule has 3 aromatic heterocycles. The van der Waals surface area contributed by atoms with Crippen LogP contribution in [0.5, 0.6) is 0 Å². The minimum absolute atomic E-state index is 0.0851. The molecule has 4 aromatic rings. The molecule has 2 aliphatic heterocycles. The van der Waals surface area contributed by atoms with E-state index in [1.807, 2.05) is 0 Å². The Balaban J connectivity index is 1.63. The van der Waals surface area contributed by atoms with Crippen molar-refractivity contribution in [2.45, 2.75) is 52.2 Å². The maximum absolute atomic E-state index is 15.4. The number of rotatable bonds is 5. The molecule has 0 atom stereocenters. The molecule has 0 aliphatic carbocycles. The number of aryl methyl sites for hydroxylation is 1. The van der Waals surface area contributed by atoms with Gasteiger partial charge in [-0.15, -0.1) is 0 Å². The van der Waals surface area contributed by atoms with Gasteiger partial charge < -0.3 is 29.8 Å². The van der Waals surface area contributed by atoms with Gasteiger partial charge in [0.1, 0.15) is 16.9 Å². The number of nitrogens with two attached hydrogens (primary N) is 1. The number of nitrogens with zero attached hydrogens (tertiary/aromatic N) is 5. The van der Waals surface area contributed by atoms with Crippen molar-refractivity contribution < 1.29 is 23.1 Å². The second-order valence-corrected chi connectivity index (χ2v) is 12.3. The molecule has 2 aliphatic rings. The topological polar surface area (TPSA) is 130 Å².